The number of likely N-dealkylation sites (tertiary alicyclic amines) is 1. The molecule has 19 heavy (non-hydrogen) atoms. The van der Waals surface area contributed by atoms with Crippen LogP contribution < -0.4 is 5.32 Å². The van der Waals surface area contributed by atoms with E-state index in [1.807, 2.05) is 6.92 Å². The van der Waals surface area contributed by atoms with Crippen molar-refractivity contribution in [3.63, 3.8) is 0 Å². The molecule has 1 aliphatic rings. The van der Waals surface area contributed by atoms with Gasteiger partial charge >= 0.3 is 0 Å². The van der Waals surface area contributed by atoms with Crippen LogP contribution >= 0.6 is 0 Å². The van der Waals surface area contributed by atoms with Crippen LogP contribution in [0.3, 0.4) is 0 Å². The largest absolute Gasteiger partial charge is 0.383 e. The number of benzene rings is 1. The summed E-state index contributed by atoms with van der Waals surface area (Å²) in [5.41, 5.74) is 4.74. The first-order valence-corrected chi connectivity index (χ1v) is 6.95. The van der Waals surface area contributed by atoms with E-state index >= 15 is 0 Å². The summed E-state index contributed by atoms with van der Waals surface area (Å²) in [6.45, 7) is 12.2. The predicted octanol–water partition coefficient (Wildman–Crippen LogP) is 3.42. The highest BCUT2D eigenvalue weighted by molar-refractivity contribution is 5.61. The molecule has 1 aromatic rings. The number of nitrogens with zero attached hydrogens (tertiary/aromatic N) is 1. The zero-order valence-electron chi connectivity index (χ0n) is 12.1. The molecule has 1 saturated heterocycles. The molecule has 1 N–H and O–H groups in total. The van der Waals surface area contributed by atoms with E-state index in [4.69, 9.17) is 0 Å². The molecule has 0 aliphatic carbocycles. The van der Waals surface area contributed by atoms with Crippen molar-refractivity contribution in [2.75, 3.05) is 13.6 Å². The topological polar surface area (TPSA) is 15.3 Å². The summed E-state index contributed by atoms with van der Waals surface area (Å²) < 4.78 is 0. The Bertz CT molecular complexity index is 459. The number of hydrogen-bond acceptors (Lipinski definition) is 2. The summed E-state index contributed by atoms with van der Waals surface area (Å²) in [4.78, 5) is 2.37. The Morgan fingerprint density at radius 3 is 2.53 bits per heavy atom. The van der Waals surface area contributed by atoms with Crippen LogP contribution in [0.15, 0.2) is 43.1 Å². The highest BCUT2D eigenvalue weighted by Gasteiger charge is 2.22. The lowest BCUT2D eigenvalue weighted by Gasteiger charge is -2.23. The van der Waals surface area contributed by atoms with Gasteiger partial charge in [0.25, 0.3) is 0 Å². The van der Waals surface area contributed by atoms with E-state index in [-0.39, 0.29) is 0 Å². The van der Waals surface area contributed by atoms with Gasteiger partial charge in [0, 0.05) is 18.3 Å². The zero-order valence-corrected chi connectivity index (χ0v) is 12.1. The highest BCUT2D eigenvalue weighted by atomic mass is 15.2. The summed E-state index contributed by atoms with van der Waals surface area (Å²) in [7, 11) is 2.17. The molecule has 1 heterocycles. The second-order valence-electron chi connectivity index (χ2n) is 5.49. The molecular weight excluding hydrogens is 232 g/mol. The Morgan fingerprint density at radius 2 is 2.00 bits per heavy atom. The summed E-state index contributed by atoms with van der Waals surface area (Å²) in [6.07, 6.45) is 2.49. The standard InChI is InChI=1S/C17H24N2/c1-13(2)16-9-7-15(8-10-16)12-18-14(3)17-6-5-11-19(17)4/h7-10,17-18H,1,3,5-6,11-12H2,2,4H3. The zero-order chi connectivity index (χ0) is 13.8. The summed E-state index contributed by atoms with van der Waals surface area (Å²) in [5.74, 6) is 0. The molecule has 0 saturated carbocycles. The molecule has 0 spiro atoms. The maximum Gasteiger partial charge on any atom is 0.0486 e. The lowest BCUT2D eigenvalue weighted by Crippen LogP contribution is -2.32. The van der Waals surface area contributed by atoms with Crippen molar-refractivity contribution in [1.82, 2.24) is 10.2 Å². The average Bonchev–Trinajstić information content (AvgIpc) is 2.83. The van der Waals surface area contributed by atoms with E-state index in [1.54, 1.807) is 0 Å². The van der Waals surface area contributed by atoms with Gasteiger partial charge in [0.05, 0.1) is 0 Å². The van der Waals surface area contributed by atoms with Gasteiger partial charge in [0.1, 0.15) is 0 Å². The Balaban J connectivity index is 1.88. The molecule has 0 bridgehead atoms. The van der Waals surface area contributed by atoms with Gasteiger partial charge in [-0.25, -0.2) is 0 Å². The van der Waals surface area contributed by atoms with E-state index in [9.17, 15) is 0 Å². The molecule has 1 aliphatic heterocycles. The van der Waals surface area contributed by atoms with Crippen molar-refractivity contribution in [3.8, 4) is 0 Å². The van der Waals surface area contributed by atoms with Crippen LogP contribution in [0, 0.1) is 0 Å². The van der Waals surface area contributed by atoms with Gasteiger partial charge in [0.15, 0.2) is 0 Å². The van der Waals surface area contributed by atoms with Crippen LogP contribution in [0.1, 0.15) is 30.9 Å². The highest BCUT2D eigenvalue weighted by Crippen LogP contribution is 2.19. The lowest BCUT2D eigenvalue weighted by atomic mass is 10.1. The fourth-order valence-electron chi connectivity index (χ4n) is 2.59. The molecular formula is C17H24N2. The van der Waals surface area contributed by atoms with Gasteiger partial charge in [-0.2, -0.15) is 0 Å². The molecule has 2 nitrogen and oxygen atoms in total. The molecule has 0 radical (unpaired) electrons. The SMILES string of the molecule is C=C(C)c1ccc(CNC(=C)C2CCCN2C)cc1. The minimum Gasteiger partial charge on any atom is -0.383 e. The quantitative estimate of drug-likeness (QED) is 0.868. The number of nitrogens with one attached hydrogen (secondary N) is 1. The normalized spacial score (nSPS) is 19.4. The van der Waals surface area contributed by atoms with Crippen LogP contribution in [0.2, 0.25) is 0 Å². The van der Waals surface area contributed by atoms with E-state index in [2.05, 4.69) is 54.7 Å². The third kappa shape index (κ3) is 3.48. The monoisotopic (exact) mass is 256 g/mol. The summed E-state index contributed by atoms with van der Waals surface area (Å²) in [6, 6.07) is 9.06. The van der Waals surface area contributed by atoms with Gasteiger partial charge < -0.3 is 5.32 Å². The Hall–Kier alpha value is -1.54. The van der Waals surface area contributed by atoms with E-state index < -0.39 is 0 Å². The number of allylic oxidation sites excluding steroid dienone is 1. The van der Waals surface area contributed by atoms with Crippen molar-refractivity contribution in [2.24, 2.45) is 0 Å². The average molecular weight is 256 g/mol. The fourth-order valence-corrected chi connectivity index (χ4v) is 2.59. The summed E-state index contributed by atoms with van der Waals surface area (Å²) >= 11 is 0. The molecule has 2 heteroatoms. The van der Waals surface area contributed by atoms with Gasteiger partial charge in [-0.05, 0) is 44.5 Å². The second kappa shape index (κ2) is 6.07. The maximum atomic E-state index is 4.18. The Kier molecular flexibility index (Phi) is 4.43. The Labute approximate surface area is 116 Å². The van der Waals surface area contributed by atoms with Crippen molar-refractivity contribution in [3.05, 3.63) is 54.2 Å². The predicted molar refractivity (Wildman–Crippen MR) is 82.8 cm³/mol. The lowest BCUT2D eigenvalue weighted by molar-refractivity contribution is 0.334. The first kappa shape index (κ1) is 13.9. The first-order valence-electron chi connectivity index (χ1n) is 6.95. The third-order valence-electron chi connectivity index (χ3n) is 3.89. The maximum absolute atomic E-state index is 4.18. The number of likely N-dealkylation sites (N-methyl/N-ethyl adjacent to an activating group) is 1. The number of hydrogen-bond donors (Lipinski definition) is 1. The molecule has 1 aromatic carbocycles. The Morgan fingerprint density at radius 1 is 1.32 bits per heavy atom. The van der Waals surface area contributed by atoms with Crippen molar-refractivity contribution in [1.29, 1.82) is 0 Å². The van der Waals surface area contributed by atoms with Crippen LogP contribution in [-0.2, 0) is 6.54 Å². The van der Waals surface area contributed by atoms with E-state index in [1.165, 1.54) is 30.5 Å². The van der Waals surface area contributed by atoms with Crippen molar-refractivity contribution in [2.45, 2.75) is 32.4 Å². The van der Waals surface area contributed by atoms with Crippen LogP contribution in [0.25, 0.3) is 5.57 Å². The second-order valence-corrected chi connectivity index (χ2v) is 5.49. The van der Waals surface area contributed by atoms with Crippen LogP contribution in [-0.4, -0.2) is 24.5 Å². The van der Waals surface area contributed by atoms with Crippen LogP contribution in [0.5, 0.6) is 0 Å². The first-order chi connectivity index (χ1) is 9.08. The minimum absolute atomic E-state index is 0.495. The fraction of sp³-hybridized carbons (Fsp3) is 0.412. The van der Waals surface area contributed by atoms with Gasteiger partial charge in [-0.1, -0.05) is 43.0 Å². The minimum atomic E-state index is 0.495. The van der Waals surface area contributed by atoms with Crippen molar-refractivity contribution < 1.29 is 0 Å². The molecule has 1 unspecified atom stereocenters. The van der Waals surface area contributed by atoms with E-state index in [0.29, 0.717) is 6.04 Å². The molecule has 2 rings (SSSR count). The summed E-state index contributed by atoms with van der Waals surface area (Å²) in [5, 5.41) is 3.46. The van der Waals surface area contributed by atoms with Gasteiger partial charge in [-0.15, -0.1) is 0 Å². The van der Waals surface area contributed by atoms with Gasteiger partial charge in [0.2, 0.25) is 0 Å². The molecule has 1 atom stereocenters. The molecule has 0 aromatic heterocycles. The van der Waals surface area contributed by atoms with Gasteiger partial charge in [-0.3, -0.25) is 4.90 Å². The third-order valence-corrected chi connectivity index (χ3v) is 3.89. The van der Waals surface area contributed by atoms with Crippen molar-refractivity contribution >= 4 is 5.57 Å². The molecule has 1 fully saturated rings. The molecule has 102 valence electrons. The smallest absolute Gasteiger partial charge is 0.0486 e. The number of rotatable bonds is 5. The van der Waals surface area contributed by atoms with E-state index in [0.717, 1.165) is 17.8 Å². The molecule has 0 amide bonds. The van der Waals surface area contributed by atoms with Crippen LogP contribution in [0.4, 0.5) is 0 Å².